The fraction of sp³-hybridized carbons (Fsp3) is 0.400. The maximum absolute atomic E-state index is 11.8. The van der Waals surface area contributed by atoms with Crippen molar-refractivity contribution in [1.82, 2.24) is 19.6 Å². The standard InChI is InChI=1S/C40H48N4O4/c1-41-15-19-43(20-16-41)26-32-11-10-31-9-5-28-6-12-34(13-7-28)48-37-25-30(23-33(39(37)46)27-44-21-17-42(2)18-22-44)4-3-29-8-14-35(36(45)24-29)38(31)40(32)47/h6-8,10-14,23-25,45-47H,3-5,9,15-22,26-27H2,1-2H3. The maximum Gasteiger partial charge on any atom is 0.169 e. The van der Waals surface area contributed by atoms with Crippen LogP contribution in [0.15, 0.2) is 66.7 Å². The first kappa shape index (κ1) is 32.5. The summed E-state index contributed by atoms with van der Waals surface area (Å²) in [6.07, 6.45) is 2.90. The van der Waals surface area contributed by atoms with E-state index in [-0.39, 0.29) is 17.2 Å². The highest BCUT2D eigenvalue weighted by Gasteiger charge is 2.22. The van der Waals surface area contributed by atoms with E-state index in [9.17, 15) is 15.3 Å². The molecule has 0 radical (unpaired) electrons. The van der Waals surface area contributed by atoms with Crippen LogP contribution in [0.25, 0.3) is 11.1 Å². The van der Waals surface area contributed by atoms with E-state index < -0.39 is 0 Å². The van der Waals surface area contributed by atoms with Gasteiger partial charge in [0.25, 0.3) is 0 Å². The molecule has 6 aliphatic heterocycles. The third kappa shape index (κ3) is 7.32. The van der Waals surface area contributed by atoms with Crippen LogP contribution in [0, 0.1) is 0 Å². The van der Waals surface area contributed by atoms with Gasteiger partial charge in [0.15, 0.2) is 11.5 Å². The lowest BCUT2D eigenvalue weighted by Crippen LogP contribution is -2.43. The van der Waals surface area contributed by atoms with Gasteiger partial charge in [-0.05, 0) is 86.3 Å². The predicted octanol–water partition coefficient (Wildman–Crippen LogP) is 5.64. The smallest absolute Gasteiger partial charge is 0.169 e. The number of hydrogen-bond donors (Lipinski definition) is 3. The molecule has 6 aliphatic rings. The van der Waals surface area contributed by atoms with Gasteiger partial charge >= 0.3 is 0 Å². The lowest BCUT2D eigenvalue weighted by Gasteiger charge is -2.32. The first-order valence-corrected chi connectivity index (χ1v) is 17.4. The Kier molecular flexibility index (Phi) is 9.59. The summed E-state index contributed by atoms with van der Waals surface area (Å²) >= 11 is 0. The Morgan fingerprint density at radius 3 is 1.83 bits per heavy atom. The summed E-state index contributed by atoms with van der Waals surface area (Å²) in [4.78, 5) is 9.44. The van der Waals surface area contributed by atoms with Crippen molar-refractivity contribution in [3.8, 4) is 39.9 Å². The average molecular weight is 649 g/mol. The van der Waals surface area contributed by atoms with Crippen LogP contribution in [0.1, 0.15) is 33.4 Å². The zero-order chi connectivity index (χ0) is 33.2. The molecule has 252 valence electrons. The summed E-state index contributed by atoms with van der Waals surface area (Å²) in [6.45, 7) is 9.24. The van der Waals surface area contributed by atoms with Gasteiger partial charge in [0.1, 0.15) is 17.2 Å². The van der Waals surface area contributed by atoms with Crippen LogP contribution in [0.4, 0.5) is 0 Å². The molecule has 0 spiro atoms. The van der Waals surface area contributed by atoms with Crippen molar-refractivity contribution in [1.29, 1.82) is 0 Å². The van der Waals surface area contributed by atoms with Crippen molar-refractivity contribution in [3.05, 3.63) is 100 Å². The van der Waals surface area contributed by atoms with Crippen LogP contribution in [0.5, 0.6) is 28.7 Å². The highest BCUT2D eigenvalue weighted by molar-refractivity contribution is 5.80. The van der Waals surface area contributed by atoms with E-state index in [1.165, 1.54) is 0 Å². The summed E-state index contributed by atoms with van der Waals surface area (Å²) in [5, 5.41) is 34.6. The van der Waals surface area contributed by atoms with Gasteiger partial charge in [-0.15, -0.1) is 0 Å². The van der Waals surface area contributed by atoms with Crippen molar-refractivity contribution in [3.63, 3.8) is 0 Å². The summed E-state index contributed by atoms with van der Waals surface area (Å²) < 4.78 is 6.33. The second-order valence-electron chi connectivity index (χ2n) is 14.0. The van der Waals surface area contributed by atoms with Crippen LogP contribution in [-0.4, -0.2) is 101 Å². The minimum absolute atomic E-state index is 0.178. The van der Waals surface area contributed by atoms with Gasteiger partial charge in [-0.1, -0.05) is 42.5 Å². The van der Waals surface area contributed by atoms with Gasteiger partial charge in [-0.25, -0.2) is 0 Å². The van der Waals surface area contributed by atoms with Crippen LogP contribution >= 0.6 is 0 Å². The number of hydrogen-bond acceptors (Lipinski definition) is 8. The molecule has 8 heteroatoms. The highest BCUT2D eigenvalue weighted by Crippen LogP contribution is 2.42. The molecule has 4 aromatic rings. The first-order valence-electron chi connectivity index (χ1n) is 17.4. The van der Waals surface area contributed by atoms with Gasteiger partial charge in [0.05, 0.1) is 0 Å². The van der Waals surface area contributed by atoms with E-state index in [4.69, 9.17) is 4.74 Å². The molecule has 48 heavy (non-hydrogen) atoms. The predicted molar refractivity (Wildman–Crippen MR) is 190 cm³/mol. The quantitative estimate of drug-likeness (QED) is 0.262. The summed E-state index contributed by atoms with van der Waals surface area (Å²) in [5.74, 6) is 1.79. The second-order valence-corrected chi connectivity index (χ2v) is 14.0. The zero-order valence-corrected chi connectivity index (χ0v) is 28.3. The summed E-state index contributed by atoms with van der Waals surface area (Å²) in [5.41, 5.74) is 7.39. The van der Waals surface area contributed by atoms with E-state index in [0.29, 0.717) is 43.0 Å². The normalized spacial score (nSPS) is 18.3. The Morgan fingerprint density at radius 1 is 0.562 bits per heavy atom. The molecule has 2 fully saturated rings. The highest BCUT2D eigenvalue weighted by atomic mass is 16.5. The topological polar surface area (TPSA) is 82.9 Å². The van der Waals surface area contributed by atoms with Crippen molar-refractivity contribution < 1.29 is 20.1 Å². The molecule has 0 saturated carbocycles. The first-order chi connectivity index (χ1) is 23.3. The number of phenols is 3. The SMILES string of the molecule is CN1CCN(Cc2cc3cc(c2O)Oc2ccc(cc2)CCc2ccc(CN4CCN(C)CC4)c(O)c2-c2ccc(cc2O)CC3)CC1. The number of nitrogens with zero attached hydrogens (tertiary/aromatic N) is 4. The Hall–Kier alpha value is -4.08. The fourth-order valence-corrected chi connectivity index (χ4v) is 7.24. The van der Waals surface area contributed by atoms with E-state index in [1.807, 2.05) is 30.3 Å². The number of piperazine rings is 2. The number of phenolic OH excluding ortho intramolecular Hbond substituents is 3. The van der Waals surface area contributed by atoms with Crippen LogP contribution in [0.2, 0.25) is 0 Å². The van der Waals surface area contributed by atoms with Gasteiger partial charge in [-0.3, -0.25) is 9.80 Å². The Balaban J connectivity index is 1.22. The Bertz CT molecular complexity index is 1740. The van der Waals surface area contributed by atoms with Crippen molar-refractivity contribution >= 4 is 0 Å². The molecule has 0 aromatic heterocycles. The monoisotopic (exact) mass is 648 g/mol. The number of aromatic hydroxyl groups is 3. The molecule has 6 bridgehead atoms. The Labute approximate surface area is 284 Å². The number of aryl methyl sites for hydroxylation is 4. The molecule has 0 unspecified atom stereocenters. The third-order valence-corrected chi connectivity index (χ3v) is 10.4. The van der Waals surface area contributed by atoms with Crippen molar-refractivity contribution in [2.75, 3.05) is 66.5 Å². The largest absolute Gasteiger partial charge is 0.507 e. The lowest BCUT2D eigenvalue weighted by atomic mass is 9.90. The lowest BCUT2D eigenvalue weighted by molar-refractivity contribution is 0.147. The molecule has 0 aliphatic carbocycles. The molecule has 10 rings (SSSR count). The average Bonchev–Trinajstić information content (AvgIpc) is 3.08. The Morgan fingerprint density at radius 2 is 1.17 bits per heavy atom. The number of likely N-dealkylation sites (N-methyl/N-ethyl adjacent to an activating group) is 2. The van der Waals surface area contributed by atoms with Gasteiger partial charge < -0.3 is 29.9 Å². The molecule has 2 saturated heterocycles. The number of ether oxygens (including phenoxy) is 1. The van der Waals surface area contributed by atoms with Crippen LogP contribution < -0.4 is 4.74 Å². The van der Waals surface area contributed by atoms with Crippen molar-refractivity contribution in [2.45, 2.75) is 38.8 Å². The number of rotatable bonds is 4. The van der Waals surface area contributed by atoms with Gasteiger partial charge in [0.2, 0.25) is 0 Å². The van der Waals surface area contributed by atoms with E-state index in [1.54, 1.807) is 0 Å². The third-order valence-electron chi connectivity index (χ3n) is 10.4. The second kappa shape index (κ2) is 14.2. The summed E-state index contributed by atoms with van der Waals surface area (Å²) in [7, 11) is 4.30. The molecular formula is C40H48N4O4. The zero-order valence-electron chi connectivity index (χ0n) is 28.3. The van der Waals surface area contributed by atoms with Crippen LogP contribution in [-0.2, 0) is 38.8 Å². The van der Waals surface area contributed by atoms with Gasteiger partial charge in [-0.2, -0.15) is 0 Å². The fourth-order valence-electron chi connectivity index (χ4n) is 7.24. The molecule has 4 aromatic carbocycles. The van der Waals surface area contributed by atoms with E-state index in [2.05, 4.69) is 70.1 Å². The summed E-state index contributed by atoms with van der Waals surface area (Å²) in [6, 6.07) is 22.2. The molecule has 3 N–H and O–H groups in total. The molecule has 0 amide bonds. The minimum atomic E-state index is 0.178. The molecule has 0 atom stereocenters. The van der Waals surface area contributed by atoms with E-state index in [0.717, 1.165) is 104 Å². The minimum Gasteiger partial charge on any atom is -0.507 e. The maximum atomic E-state index is 11.8. The molecule has 6 heterocycles. The molecule has 8 nitrogen and oxygen atoms in total. The van der Waals surface area contributed by atoms with Crippen LogP contribution in [0.3, 0.4) is 0 Å². The number of benzene rings is 4. The molecular weight excluding hydrogens is 600 g/mol. The van der Waals surface area contributed by atoms with Gasteiger partial charge in [0, 0.05) is 87.7 Å². The van der Waals surface area contributed by atoms with Crippen molar-refractivity contribution in [2.24, 2.45) is 0 Å². The van der Waals surface area contributed by atoms with E-state index >= 15 is 0 Å².